The van der Waals surface area contributed by atoms with E-state index in [0.717, 1.165) is 5.82 Å². The molecule has 2 heterocycles. The fourth-order valence-electron chi connectivity index (χ4n) is 2.01. The van der Waals surface area contributed by atoms with Crippen molar-refractivity contribution in [2.24, 2.45) is 0 Å². The zero-order valence-corrected chi connectivity index (χ0v) is 10.6. The Morgan fingerprint density at radius 1 is 1.21 bits per heavy atom. The van der Waals surface area contributed by atoms with E-state index in [-0.39, 0.29) is 6.04 Å². The molecular weight excluding hydrogens is 235 g/mol. The van der Waals surface area contributed by atoms with Crippen LogP contribution in [0.3, 0.4) is 0 Å². The van der Waals surface area contributed by atoms with Gasteiger partial charge in [-0.15, -0.1) is 0 Å². The summed E-state index contributed by atoms with van der Waals surface area (Å²) in [5, 5.41) is 7.46. The zero-order chi connectivity index (χ0) is 13.2. The molecule has 0 fully saturated rings. The van der Waals surface area contributed by atoms with Crippen molar-refractivity contribution in [3.05, 3.63) is 54.4 Å². The number of benzene rings is 1. The van der Waals surface area contributed by atoms with E-state index in [1.54, 1.807) is 10.7 Å². The van der Waals surface area contributed by atoms with Crippen LogP contribution in [0.5, 0.6) is 0 Å². The lowest BCUT2D eigenvalue weighted by Crippen LogP contribution is -2.10. The molecule has 3 aromatic rings. The third kappa shape index (κ3) is 2.31. The van der Waals surface area contributed by atoms with Gasteiger partial charge >= 0.3 is 0 Å². The highest BCUT2D eigenvalue weighted by Crippen LogP contribution is 2.17. The molecule has 0 saturated carbocycles. The molecule has 0 amide bonds. The summed E-state index contributed by atoms with van der Waals surface area (Å²) in [5.41, 5.74) is 2.46. The molecule has 92 valence electrons. The van der Waals surface area contributed by atoms with Gasteiger partial charge in [-0.3, -0.25) is 0 Å². The number of hydrogen-bond donors (Lipinski definition) is 1. The molecule has 0 aliphatic rings. The maximum absolute atomic E-state index is 5.81. The van der Waals surface area contributed by atoms with Crippen molar-refractivity contribution in [3.63, 3.8) is 0 Å². The Hall–Kier alpha value is -2.30. The van der Waals surface area contributed by atoms with Gasteiger partial charge in [0.2, 0.25) is 0 Å². The summed E-state index contributed by atoms with van der Waals surface area (Å²) in [7, 11) is 5.81. The third-order valence-electron chi connectivity index (χ3n) is 3.06. The molecule has 3 rings (SSSR count). The molecule has 0 unspecified atom stereocenters. The largest absolute Gasteiger partial charge is 0.363 e. The van der Waals surface area contributed by atoms with E-state index in [1.165, 1.54) is 5.56 Å². The van der Waals surface area contributed by atoms with Crippen LogP contribution in [0.4, 0.5) is 5.82 Å². The smallest absolute Gasteiger partial charge is 0.150 e. The minimum atomic E-state index is 0.181. The monoisotopic (exact) mass is 248 g/mol. The Labute approximate surface area is 112 Å². The van der Waals surface area contributed by atoms with Crippen LogP contribution in [0, 0.1) is 0 Å². The summed E-state index contributed by atoms with van der Waals surface area (Å²) < 4.78 is 1.66. The number of nitrogens with zero attached hydrogens (tertiary/aromatic N) is 3. The second-order valence-corrected chi connectivity index (χ2v) is 4.46. The Balaban J connectivity index is 1.87. The molecule has 0 bridgehead atoms. The van der Waals surface area contributed by atoms with E-state index in [0.29, 0.717) is 11.1 Å². The number of nitrogens with one attached hydrogen (secondary N) is 1. The van der Waals surface area contributed by atoms with Gasteiger partial charge in [-0.1, -0.05) is 30.3 Å². The Kier molecular flexibility index (Phi) is 2.95. The van der Waals surface area contributed by atoms with Crippen LogP contribution in [0.25, 0.3) is 5.65 Å². The molecule has 0 aliphatic carbocycles. The van der Waals surface area contributed by atoms with Gasteiger partial charge < -0.3 is 5.32 Å². The van der Waals surface area contributed by atoms with Crippen LogP contribution in [0.2, 0.25) is 0 Å². The van der Waals surface area contributed by atoms with E-state index < -0.39 is 0 Å². The Morgan fingerprint density at radius 3 is 2.79 bits per heavy atom. The average molecular weight is 248 g/mol. The number of hydrogen-bond acceptors (Lipinski definition) is 3. The lowest BCUT2D eigenvalue weighted by Gasteiger charge is -2.14. The number of fused-ring (bicyclic) bond motifs is 1. The average Bonchev–Trinajstić information content (AvgIpc) is 2.81. The highest BCUT2D eigenvalue weighted by atomic mass is 15.2. The van der Waals surface area contributed by atoms with Crippen molar-refractivity contribution in [1.29, 1.82) is 0 Å². The second kappa shape index (κ2) is 4.76. The molecule has 2 aromatic heterocycles. The molecule has 1 aromatic carbocycles. The summed E-state index contributed by atoms with van der Waals surface area (Å²) >= 11 is 0. The number of anilines is 1. The lowest BCUT2D eigenvalue weighted by atomic mass is 10.0. The third-order valence-corrected chi connectivity index (χ3v) is 3.06. The van der Waals surface area contributed by atoms with Gasteiger partial charge in [0.1, 0.15) is 19.3 Å². The topological polar surface area (TPSA) is 42.2 Å². The van der Waals surface area contributed by atoms with Gasteiger partial charge in [0.15, 0.2) is 0 Å². The quantitative estimate of drug-likeness (QED) is 0.717. The van der Waals surface area contributed by atoms with Crippen LogP contribution in [-0.2, 0) is 0 Å². The van der Waals surface area contributed by atoms with E-state index in [1.807, 2.05) is 30.5 Å². The molecule has 0 aliphatic heterocycles. The fraction of sp³-hybridized carbons (Fsp3) is 0.143. The maximum atomic E-state index is 5.81. The first-order valence-electron chi connectivity index (χ1n) is 6.15. The maximum Gasteiger partial charge on any atom is 0.150 e. The van der Waals surface area contributed by atoms with Crippen molar-refractivity contribution in [1.82, 2.24) is 14.6 Å². The Morgan fingerprint density at radius 2 is 2.00 bits per heavy atom. The molecule has 4 nitrogen and oxygen atoms in total. The van der Waals surface area contributed by atoms with Gasteiger partial charge in [0.05, 0.1) is 0 Å². The molecule has 1 atom stereocenters. The first-order valence-corrected chi connectivity index (χ1v) is 6.15. The van der Waals surface area contributed by atoms with Gasteiger partial charge in [-0.05, 0) is 24.0 Å². The summed E-state index contributed by atoms with van der Waals surface area (Å²) in [4.78, 5) is 4.46. The van der Waals surface area contributed by atoms with Crippen LogP contribution in [0.1, 0.15) is 18.5 Å². The number of rotatable bonds is 3. The normalized spacial score (nSPS) is 12.5. The molecule has 19 heavy (non-hydrogen) atoms. The molecule has 5 heteroatoms. The first kappa shape index (κ1) is 11.8. The van der Waals surface area contributed by atoms with Gasteiger partial charge in [-0.25, -0.2) is 9.50 Å². The molecule has 2 radical (unpaired) electrons. The van der Waals surface area contributed by atoms with E-state index >= 15 is 0 Å². The van der Waals surface area contributed by atoms with Crippen molar-refractivity contribution < 1.29 is 0 Å². The molecular formula is C14H13BN4. The van der Waals surface area contributed by atoms with Gasteiger partial charge in [0, 0.05) is 18.4 Å². The van der Waals surface area contributed by atoms with Crippen LogP contribution < -0.4 is 10.8 Å². The SMILES string of the molecule is [B]c1cnn2ccc(N[C@H](C)c3ccccc3)nc12. The minimum absolute atomic E-state index is 0.181. The summed E-state index contributed by atoms with van der Waals surface area (Å²) in [6.45, 7) is 2.10. The summed E-state index contributed by atoms with van der Waals surface area (Å²) in [6.07, 6.45) is 3.45. The fourth-order valence-corrected chi connectivity index (χ4v) is 2.01. The van der Waals surface area contributed by atoms with E-state index in [9.17, 15) is 0 Å². The van der Waals surface area contributed by atoms with E-state index in [4.69, 9.17) is 7.85 Å². The lowest BCUT2D eigenvalue weighted by molar-refractivity contribution is 0.867. The molecule has 1 N–H and O–H groups in total. The molecule has 0 spiro atoms. The minimum Gasteiger partial charge on any atom is -0.363 e. The van der Waals surface area contributed by atoms with Crippen LogP contribution in [0.15, 0.2) is 48.8 Å². The standard InChI is InChI=1S/C14H13BN4/c1-10(11-5-3-2-4-6-11)17-13-7-8-19-14(18-13)12(15)9-16-19/h2-10H,1H3,(H,17,18)/t10-/m1/s1. The predicted molar refractivity (Wildman–Crippen MR) is 76.9 cm³/mol. The van der Waals surface area contributed by atoms with Crippen LogP contribution >= 0.6 is 0 Å². The molecule has 0 saturated heterocycles. The Bertz CT molecular complexity index is 693. The summed E-state index contributed by atoms with van der Waals surface area (Å²) in [5.74, 6) is 0.788. The number of aromatic nitrogens is 3. The zero-order valence-electron chi connectivity index (χ0n) is 10.6. The first-order chi connectivity index (χ1) is 9.24. The van der Waals surface area contributed by atoms with Crippen molar-refractivity contribution in [3.8, 4) is 0 Å². The van der Waals surface area contributed by atoms with Gasteiger partial charge in [-0.2, -0.15) is 5.10 Å². The predicted octanol–water partition coefficient (Wildman–Crippen LogP) is 1.70. The van der Waals surface area contributed by atoms with Crippen molar-refractivity contribution >= 4 is 24.8 Å². The highest BCUT2D eigenvalue weighted by Gasteiger charge is 2.07. The summed E-state index contributed by atoms with van der Waals surface area (Å²) in [6, 6.07) is 12.3. The highest BCUT2D eigenvalue weighted by molar-refractivity contribution is 6.36. The van der Waals surface area contributed by atoms with Crippen molar-refractivity contribution in [2.45, 2.75) is 13.0 Å². The van der Waals surface area contributed by atoms with E-state index in [2.05, 4.69) is 34.5 Å². The van der Waals surface area contributed by atoms with Gasteiger partial charge in [0.25, 0.3) is 0 Å². The van der Waals surface area contributed by atoms with Crippen molar-refractivity contribution in [2.75, 3.05) is 5.32 Å². The second-order valence-electron chi connectivity index (χ2n) is 4.46. The van der Waals surface area contributed by atoms with Crippen LogP contribution in [-0.4, -0.2) is 22.4 Å².